The molecule has 0 atom stereocenters. The van der Waals surface area contributed by atoms with E-state index in [2.05, 4.69) is 0 Å². The van der Waals surface area contributed by atoms with E-state index in [0.717, 1.165) is 0 Å². The predicted molar refractivity (Wildman–Crippen MR) is 37.7 cm³/mol. The van der Waals surface area contributed by atoms with Gasteiger partial charge in [0.2, 0.25) is 0 Å². The van der Waals surface area contributed by atoms with Gasteiger partial charge < -0.3 is 35.0 Å². The molecule has 0 aliphatic carbocycles. The SMILES string of the molecule is N.N.N.N.O=[N+]([O-])O.O=[N+]([O-])O.[Pd+2]. The van der Waals surface area contributed by atoms with Gasteiger partial charge in [-0.15, -0.1) is 20.2 Å². The Bertz CT molecular complexity index is 75.1. The summed E-state index contributed by atoms with van der Waals surface area (Å²) >= 11 is 0. The van der Waals surface area contributed by atoms with Crippen molar-refractivity contribution in [3.8, 4) is 0 Å². The Hall–Kier alpha value is -1.10. The van der Waals surface area contributed by atoms with Crippen LogP contribution < -0.4 is 24.6 Å². The standard InChI is InChI=1S/2HNO3.4H3N.Pd/c2*2-1(3)4;;;;;/h2*(H,2,3,4);4*1H3;/q;;;;;;+2. The van der Waals surface area contributed by atoms with Gasteiger partial charge in [-0.05, 0) is 0 Å². The van der Waals surface area contributed by atoms with Gasteiger partial charge in [-0.3, -0.25) is 0 Å². The zero-order valence-corrected chi connectivity index (χ0v) is 8.12. The van der Waals surface area contributed by atoms with Crippen LogP contribution in [0.1, 0.15) is 0 Å². The van der Waals surface area contributed by atoms with E-state index in [4.69, 9.17) is 30.6 Å². The summed E-state index contributed by atoms with van der Waals surface area (Å²) in [6.45, 7) is 0. The maximum Gasteiger partial charge on any atom is 2.00 e. The molecule has 0 saturated carbocycles. The second-order valence-electron chi connectivity index (χ2n) is 0.476. The Kier molecular flexibility index (Phi) is 201. The van der Waals surface area contributed by atoms with Gasteiger partial charge >= 0.3 is 20.4 Å². The van der Waals surface area contributed by atoms with E-state index in [-0.39, 0.29) is 45.0 Å². The molecule has 0 unspecified atom stereocenters. The maximum absolute atomic E-state index is 8.36. The molecule has 0 aromatic heterocycles. The molecule has 0 aromatic carbocycles. The molecule has 0 rings (SSSR count). The average molecular weight is 301 g/mol. The largest absolute Gasteiger partial charge is 2.00 e. The smallest absolute Gasteiger partial charge is 0.344 e. The molecule has 88 valence electrons. The minimum atomic E-state index is -1.50. The predicted octanol–water partition coefficient (Wildman–Crippen LogP) is -0.0499. The third-order valence-electron chi connectivity index (χ3n) is 0. The molecule has 0 saturated heterocycles. The zero-order chi connectivity index (χ0) is 7.15. The second kappa shape index (κ2) is 44.5. The Morgan fingerprint density at radius 1 is 0.769 bits per heavy atom. The first-order chi connectivity index (χ1) is 3.46. The molecule has 0 heterocycles. The molecule has 0 fully saturated rings. The zero-order valence-electron chi connectivity index (χ0n) is 6.57. The van der Waals surface area contributed by atoms with Crippen molar-refractivity contribution in [3.63, 3.8) is 0 Å². The topological polar surface area (TPSA) is 267 Å². The molecule has 0 aliphatic rings. The number of hydrogen-bond donors (Lipinski definition) is 6. The first-order valence-electron chi connectivity index (χ1n) is 1.13. The van der Waals surface area contributed by atoms with Crippen LogP contribution in [0.25, 0.3) is 0 Å². The molecule has 12 nitrogen and oxygen atoms in total. The fourth-order valence-electron chi connectivity index (χ4n) is 0. The Morgan fingerprint density at radius 2 is 0.769 bits per heavy atom. The van der Waals surface area contributed by atoms with Crippen molar-refractivity contribution in [1.29, 1.82) is 0 Å². The summed E-state index contributed by atoms with van der Waals surface area (Å²) in [5.41, 5.74) is 0. The molecule has 0 spiro atoms. The van der Waals surface area contributed by atoms with Crippen LogP contribution in [0.2, 0.25) is 0 Å². The van der Waals surface area contributed by atoms with Crippen molar-refractivity contribution in [2.45, 2.75) is 0 Å². The maximum atomic E-state index is 8.36. The second-order valence-corrected chi connectivity index (χ2v) is 0.476. The van der Waals surface area contributed by atoms with Gasteiger partial charge in [-0.2, -0.15) is 0 Å². The quantitative estimate of drug-likeness (QED) is 0.197. The molecular formula is H14N6O6Pd+2. The van der Waals surface area contributed by atoms with Crippen LogP contribution in [0, 0.1) is 20.2 Å². The van der Waals surface area contributed by atoms with Crippen molar-refractivity contribution in [3.05, 3.63) is 20.2 Å². The van der Waals surface area contributed by atoms with Crippen LogP contribution in [0.3, 0.4) is 0 Å². The Balaban J connectivity index is -0.00000000800. The van der Waals surface area contributed by atoms with Crippen molar-refractivity contribution in [2.24, 2.45) is 0 Å². The fraction of sp³-hybridized carbons (Fsp3) is 0. The van der Waals surface area contributed by atoms with Crippen molar-refractivity contribution in [1.82, 2.24) is 24.6 Å². The summed E-state index contributed by atoms with van der Waals surface area (Å²) in [7, 11) is 0. The van der Waals surface area contributed by atoms with Crippen LogP contribution in [-0.4, -0.2) is 20.6 Å². The van der Waals surface area contributed by atoms with Gasteiger partial charge in [0, 0.05) is 0 Å². The minimum Gasteiger partial charge on any atom is -0.344 e. The summed E-state index contributed by atoms with van der Waals surface area (Å²) in [6, 6.07) is 0. The van der Waals surface area contributed by atoms with E-state index in [1.165, 1.54) is 0 Å². The first-order valence-corrected chi connectivity index (χ1v) is 1.13. The van der Waals surface area contributed by atoms with Crippen molar-refractivity contribution >= 4 is 0 Å². The van der Waals surface area contributed by atoms with Gasteiger partial charge in [-0.25, -0.2) is 0 Å². The van der Waals surface area contributed by atoms with Gasteiger partial charge in [-0.1, -0.05) is 0 Å². The van der Waals surface area contributed by atoms with Gasteiger partial charge in [0.1, 0.15) is 0 Å². The summed E-state index contributed by atoms with van der Waals surface area (Å²) in [4.78, 5) is 16.7. The van der Waals surface area contributed by atoms with E-state index in [1.807, 2.05) is 0 Å². The normalized spacial score (nSPS) is 3.69. The third-order valence-corrected chi connectivity index (χ3v) is 0. The molecule has 14 N–H and O–H groups in total. The first kappa shape index (κ1) is 58.9. The molecule has 0 radical (unpaired) electrons. The average Bonchev–Trinajstić information content (AvgIpc) is 1.25. The van der Waals surface area contributed by atoms with Gasteiger partial charge in [0.15, 0.2) is 0 Å². The minimum absolute atomic E-state index is 0. The van der Waals surface area contributed by atoms with Crippen molar-refractivity contribution < 1.29 is 41.0 Å². The van der Waals surface area contributed by atoms with E-state index < -0.39 is 10.2 Å². The summed E-state index contributed by atoms with van der Waals surface area (Å²) in [6.07, 6.45) is 0. The van der Waals surface area contributed by atoms with Crippen LogP contribution >= 0.6 is 0 Å². The molecule has 0 aromatic rings. The van der Waals surface area contributed by atoms with Crippen molar-refractivity contribution in [2.75, 3.05) is 0 Å². The Labute approximate surface area is 86.5 Å². The molecular weight excluding hydrogens is 286 g/mol. The number of hydrogen-bond acceptors (Lipinski definition) is 8. The fourth-order valence-corrected chi connectivity index (χ4v) is 0. The monoisotopic (exact) mass is 300 g/mol. The van der Waals surface area contributed by atoms with Gasteiger partial charge in [0.05, 0.1) is 0 Å². The van der Waals surface area contributed by atoms with Crippen LogP contribution in [0.5, 0.6) is 0 Å². The Morgan fingerprint density at radius 3 is 0.769 bits per heavy atom. The third kappa shape index (κ3) is 717. The van der Waals surface area contributed by atoms with E-state index >= 15 is 0 Å². The van der Waals surface area contributed by atoms with Crippen LogP contribution in [0.4, 0.5) is 0 Å². The molecule has 0 aliphatic heterocycles. The van der Waals surface area contributed by atoms with E-state index in [1.54, 1.807) is 0 Å². The number of nitrogens with zero attached hydrogens (tertiary/aromatic N) is 2. The van der Waals surface area contributed by atoms with Crippen LogP contribution in [0.15, 0.2) is 0 Å². The van der Waals surface area contributed by atoms with E-state index in [9.17, 15) is 0 Å². The number of rotatable bonds is 0. The summed E-state index contributed by atoms with van der Waals surface area (Å²) < 4.78 is 0. The molecule has 13 heteroatoms. The van der Waals surface area contributed by atoms with E-state index in [0.29, 0.717) is 0 Å². The summed E-state index contributed by atoms with van der Waals surface area (Å²) in [5.74, 6) is 0. The summed E-state index contributed by atoms with van der Waals surface area (Å²) in [5, 5.41) is 27.3. The molecule has 0 amide bonds. The van der Waals surface area contributed by atoms with Crippen LogP contribution in [-0.2, 0) is 20.4 Å². The van der Waals surface area contributed by atoms with Gasteiger partial charge in [0.25, 0.3) is 10.2 Å². The molecule has 0 bridgehead atoms. The molecule has 13 heavy (non-hydrogen) atoms.